The highest BCUT2D eigenvalue weighted by atomic mass is 15.3. The van der Waals surface area contributed by atoms with E-state index < -0.39 is 0 Å². The van der Waals surface area contributed by atoms with E-state index in [1.54, 1.807) is 0 Å². The molecule has 0 aromatic carbocycles. The van der Waals surface area contributed by atoms with Crippen LogP contribution in [-0.2, 0) is 0 Å². The number of rotatable bonds is 5. The molecule has 0 spiro atoms. The summed E-state index contributed by atoms with van der Waals surface area (Å²) in [6.45, 7) is 2.02. The third-order valence-corrected chi connectivity index (χ3v) is 6.24. The van der Waals surface area contributed by atoms with E-state index in [4.69, 9.17) is 5.73 Å². The summed E-state index contributed by atoms with van der Waals surface area (Å²) in [5, 5.41) is 0. The lowest BCUT2D eigenvalue weighted by Crippen LogP contribution is -2.62. The van der Waals surface area contributed by atoms with Crippen LogP contribution in [0.5, 0.6) is 0 Å². The zero-order valence-electron chi connectivity index (χ0n) is 14.0. The van der Waals surface area contributed by atoms with E-state index in [2.05, 4.69) is 30.9 Å². The van der Waals surface area contributed by atoms with Crippen molar-refractivity contribution in [1.29, 1.82) is 0 Å². The monoisotopic (exact) mass is 281 g/mol. The van der Waals surface area contributed by atoms with Gasteiger partial charge in [0.15, 0.2) is 0 Å². The summed E-state index contributed by atoms with van der Waals surface area (Å²) < 4.78 is 0. The molecule has 0 aliphatic heterocycles. The summed E-state index contributed by atoms with van der Waals surface area (Å²) in [6, 6.07) is 0. The molecule has 3 nitrogen and oxygen atoms in total. The van der Waals surface area contributed by atoms with Crippen LogP contribution in [-0.4, -0.2) is 55.1 Å². The average Bonchev–Trinajstić information content (AvgIpc) is 2.33. The quantitative estimate of drug-likeness (QED) is 0.841. The van der Waals surface area contributed by atoms with Gasteiger partial charge in [0.2, 0.25) is 0 Å². The predicted octanol–water partition coefficient (Wildman–Crippen LogP) is 2.84. The number of hydrogen-bond acceptors (Lipinski definition) is 3. The number of nitrogens with two attached hydrogens (primary N) is 1. The molecule has 0 aromatic heterocycles. The van der Waals surface area contributed by atoms with Crippen LogP contribution >= 0.6 is 0 Å². The van der Waals surface area contributed by atoms with Gasteiger partial charge in [-0.2, -0.15) is 0 Å². The lowest BCUT2D eigenvalue weighted by atomic mass is 9.73. The number of nitrogens with zero attached hydrogens (tertiary/aromatic N) is 2. The molecule has 20 heavy (non-hydrogen) atoms. The molecule has 2 fully saturated rings. The third-order valence-electron chi connectivity index (χ3n) is 6.24. The summed E-state index contributed by atoms with van der Waals surface area (Å²) in [5.41, 5.74) is 6.94. The maximum absolute atomic E-state index is 6.26. The molecule has 0 unspecified atom stereocenters. The minimum Gasteiger partial charge on any atom is -0.329 e. The maximum Gasteiger partial charge on any atom is 0.0330 e. The lowest BCUT2D eigenvalue weighted by Gasteiger charge is -2.53. The van der Waals surface area contributed by atoms with Crippen LogP contribution in [0.15, 0.2) is 0 Å². The van der Waals surface area contributed by atoms with E-state index in [1.165, 1.54) is 70.8 Å². The standard InChI is InChI=1S/C17H35N3/c1-19(2)17(12-9-13-17)15-20(3)16(14-18)10-7-5-4-6-8-11-16/h4-15,18H2,1-3H3. The fourth-order valence-corrected chi connectivity index (χ4v) is 4.25. The van der Waals surface area contributed by atoms with Crippen LogP contribution in [0.3, 0.4) is 0 Å². The summed E-state index contributed by atoms with van der Waals surface area (Å²) in [6.07, 6.45) is 13.6. The Morgan fingerprint density at radius 2 is 1.25 bits per heavy atom. The van der Waals surface area contributed by atoms with Gasteiger partial charge < -0.3 is 10.6 Å². The van der Waals surface area contributed by atoms with Crippen molar-refractivity contribution in [3.05, 3.63) is 0 Å². The van der Waals surface area contributed by atoms with Crippen molar-refractivity contribution in [2.24, 2.45) is 5.73 Å². The number of hydrogen-bond donors (Lipinski definition) is 1. The molecule has 0 radical (unpaired) electrons. The van der Waals surface area contributed by atoms with Crippen molar-refractivity contribution in [2.45, 2.75) is 75.3 Å². The molecule has 2 N–H and O–H groups in total. The maximum atomic E-state index is 6.26. The zero-order chi connectivity index (χ0) is 14.6. The Kier molecular flexibility index (Phi) is 5.49. The van der Waals surface area contributed by atoms with Crippen molar-refractivity contribution in [3.8, 4) is 0 Å². The first kappa shape index (κ1) is 16.3. The van der Waals surface area contributed by atoms with Crippen LogP contribution in [0.25, 0.3) is 0 Å². The van der Waals surface area contributed by atoms with Gasteiger partial charge >= 0.3 is 0 Å². The fourth-order valence-electron chi connectivity index (χ4n) is 4.25. The van der Waals surface area contributed by atoms with Crippen molar-refractivity contribution in [3.63, 3.8) is 0 Å². The Labute approximate surface area is 125 Å². The summed E-state index contributed by atoms with van der Waals surface area (Å²) in [4.78, 5) is 5.09. The largest absolute Gasteiger partial charge is 0.329 e. The van der Waals surface area contributed by atoms with Gasteiger partial charge in [-0.25, -0.2) is 0 Å². The SMILES string of the molecule is CN(C)C1(CN(C)C2(CN)CCCCCCC2)CCC1. The molecule has 2 aliphatic carbocycles. The van der Waals surface area contributed by atoms with E-state index in [-0.39, 0.29) is 5.54 Å². The molecule has 0 heterocycles. The van der Waals surface area contributed by atoms with Crippen LogP contribution in [0.4, 0.5) is 0 Å². The summed E-state index contributed by atoms with van der Waals surface area (Å²) in [5.74, 6) is 0. The smallest absolute Gasteiger partial charge is 0.0330 e. The molecule has 0 atom stereocenters. The van der Waals surface area contributed by atoms with Gasteiger partial charge in [0.25, 0.3) is 0 Å². The first-order chi connectivity index (χ1) is 9.55. The first-order valence-electron chi connectivity index (χ1n) is 8.63. The lowest BCUT2D eigenvalue weighted by molar-refractivity contribution is -0.0154. The molecular formula is C17H35N3. The average molecular weight is 281 g/mol. The van der Waals surface area contributed by atoms with Crippen molar-refractivity contribution in [1.82, 2.24) is 9.80 Å². The Morgan fingerprint density at radius 1 is 0.750 bits per heavy atom. The van der Waals surface area contributed by atoms with Crippen molar-refractivity contribution < 1.29 is 0 Å². The summed E-state index contributed by atoms with van der Waals surface area (Å²) in [7, 11) is 6.83. The molecule has 2 saturated carbocycles. The van der Waals surface area contributed by atoms with Gasteiger partial charge in [0, 0.05) is 24.2 Å². The molecule has 2 rings (SSSR count). The summed E-state index contributed by atoms with van der Waals surface area (Å²) >= 11 is 0. The van der Waals surface area contributed by atoms with Crippen LogP contribution in [0.1, 0.15) is 64.2 Å². The van der Waals surface area contributed by atoms with E-state index in [0.29, 0.717) is 5.54 Å². The zero-order valence-corrected chi connectivity index (χ0v) is 14.0. The molecular weight excluding hydrogens is 246 g/mol. The second-order valence-corrected chi connectivity index (χ2v) is 7.52. The number of likely N-dealkylation sites (N-methyl/N-ethyl adjacent to an activating group) is 2. The minimum atomic E-state index is 0.263. The Bertz CT molecular complexity index is 289. The predicted molar refractivity (Wildman–Crippen MR) is 87.0 cm³/mol. The van der Waals surface area contributed by atoms with Gasteiger partial charge in [0.05, 0.1) is 0 Å². The van der Waals surface area contributed by atoms with Gasteiger partial charge in [-0.05, 0) is 53.2 Å². The topological polar surface area (TPSA) is 32.5 Å². The van der Waals surface area contributed by atoms with E-state index in [9.17, 15) is 0 Å². The van der Waals surface area contributed by atoms with E-state index in [1.807, 2.05) is 0 Å². The van der Waals surface area contributed by atoms with Crippen molar-refractivity contribution in [2.75, 3.05) is 34.2 Å². The highest BCUT2D eigenvalue weighted by molar-refractivity contribution is 5.02. The van der Waals surface area contributed by atoms with E-state index >= 15 is 0 Å². The molecule has 2 aliphatic rings. The van der Waals surface area contributed by atoms with Gasteiger partial charge in [-0.15, -0.1) is 0 Å². The van der Waals surface area contributed by atoms with E-state index in [0.717, 1.165) is 6.54 Å². The van der Waals surface area contributed by atoms with Crippen LogP contribution in [0.2, 0.25) is 0 Å². The Morgan fingerprint density at radius 3 is 1.65 bits per heavy atom. The second kappa shape index (κ2) is 6.76. The van der Waals surface area contributed by atoms with Gasteiger partial charge in [0.1, 0.15) is 0 Å². The van der Waals surface area contributed by atoms with Crippen LogP contribution in [0, 0.1) is 0 Å². The second-order valence-electron chi connectivity index (χ2n) is 7.52. The van der Waals surface area contributed by atoms with Gasteiger partial charge in [-0.3, -0.25) is 4.90 Å². The Hall–Kier alpha value is -0.120. The van der Waals surface area contributed by atoms with Crippen LogP contribution < -0.4 is 5.73 Å². The fraction of sp³-hybridized carbons (Fsp3) is 1.00. The minimum absolute atomic E-state index is 0.263. The normalized spacial score (nSPS) is 26.1. The van der Waals surface area contributed by atoms with Gasteiger partial charge in [-0.1, -0.05) is 32.1 Å². The molecule has 0 saturated heterocycles. The first-order valence-corrected chi connectivity index (χ1v) is 8.63. The molecule has 0 amide bonds. The third kappa shape index (κ3) is 3.20. The van der Waals surface area contributed by atoms with Crippen molar-refractivity contribution >= 4 is 0 Å². The Balaban J connectivity index is 2.04. The molecule has 0 bridgehead atoms. The molecule has 0 aromatic rings. The highest BCUT2D eigenvalue weighted by Gasteiger charge is 2.43. The highest BCUT2D eigenvalue weighted by Crippen LogP contribution is 2.39. The molecule has 118 valence electrons. The molecule has 3 heteroatoms.